The fraction of sp³-hybridized carbons (Fsp3) is 0.562. The maximum atomic E-state index is 12.2. The molecule has 3 heteroatoms. The van der Waals surface area contributed by atoms with E-state index >= 15 is 0 Å². The van der Waals surface area contributed by atoms with Crippen molar-refractivity contribution in [1.29, 1.82) is 0 Å². The summed E-state index contributed by atoms with van der Waals surface area (Å²) in [5.41, 5.74) is 1.16. The zero-order chi connectivity index (χ0) is 13.5. The molecule has 0 bridgehead atoms. The predicted octanol–water partition coefficient (Wildman–Crippen LogP) is 2.69. The maximum absolute atomic E-state index is 12.2. The first-order valence-corrected chi connectivity index (χ1v) is 7.21. The van der Waals surface area contributed by atoms with E-state index in [1.165, 1.54) is 19.3 Å². The molecule has 1 fully saturated rings. The summed E-state index contributed by atoms with van der Waals surface area (Å²) in [6.07, 6.45) is 6.49. The fourth-order valence-electron chi connectivity index (χ4n) is 2.58. The van der Waals surface area contributed by atoms with E-state index in [0.717, 1.165) is 18.4 Å². The molecule has 0 aromatic heterocycles. The number of hydrogen-bond donors (Lipinski definition) is 1. The lowest BCUT2D eigenvalue weighted by atomic mass is 9.97. The summed E-state index contributed by atoms with van der Waals surface area (Å²) in [7, 11) is 1.82. The smallest absolute Gasteiger partial charge is 0.323 e. The standard InChI is InChI=1S/C16H23NO2/c1-17-15(12-13-8-4-2-5-9-13)16(18)19-14-10-6-3-7-11-14/h2,4-5,8-9,14-15,17H,3,6-7,10-12H2,1H3/t15-/m0/s1. The third kappa shape index (κ3) is 4.35. The van der Waals surface area contributed by atoms with Crippen LogP contribution in [-0.2, 0) is 16.0 Å². The molecule has 0 radical (unpaired) electrons. The SMILES string of the molecule is CN[C@@H](Cc1ccccc1)C(=O)OC1CCCCC1. The van der Waals surface area contributed by atoms with Crippen LogP contribution in [-0.4, -0.2) is 25.2 Å². The summed E-state index contributed by atoms with van der Waals surface area (Å²) in [5, 5.41) is 3.07. The van der Waals surface area contributed by atoms with Crippen LogP contribution in [0, 0.1) is 0 Å². The van der Waals surface area contributed by atoms with Crippen molar-refractivity contribution in [3.05, 3.63) is 35.9 Å². The highest BCUT2D eigenvalue weighted by Crippen LogP contribution is 2.21. The van der Waals surface area contributed by atoms with E-state index in [1.807, 2.05) is 37.4 Å². The van der Waals surface area contributed by atoms with E-state index in [-0.39, 0.29) is 18.1 Å². The predicted molar refractivity (Wildman–Crippen MR) is 76.0 cm³/mol. The van der Waals surface area contributed by atoms with Gasteiger partial charge in [0.25, 0.3) is 0 Å². The molecule has 1 saturated carbocycles. The van der Waals surface area contributed by atoms with Gasteiger partial charge in [-0.25, -0.2) is 0 Å². The van der Waals surface area contributed by atoms with Gasteiger partial charge in [0, 0.05) is 0 Å². The number of nitrogens with one attached hydrogen (secondary N) is 1. The van der Waals surface area contributed by atoms with E-state index in [2.05, 4.69) is 5.32 Å². The molecule has 0 aliphatic heterocycles. The summed E-state index contributed by atoms with van der Waals surface area (Å²) < 4.78 is 5.62. The largest absolute Gasteiger partial charge is 0.461 e. The molecule has 1 aromatic carbocycles. The van der Waals surface area contributed by atoms with Crippen molar-refractivity contribution >= 4 is 5.97 Å². The van der Waals surface area contributed by atoms with Crippen molar-refractivity contribution in [1.82, 2.24) is 5.32 Å². The molecule has 0 heterocycles. The van der Waals surface area contributed by atoms with Gasteiger partial charge in [-0.05, 0) is 44.7 Å². The molecule has 1 atom stereocenters. The molecule has 1 aromatic rings. The molecule has 0 amide bonds. The van der Waals surface area contributed by atoms with E-state index in [4.69, 9.17) is 4.74 Å². The zero-order valence-electron chi connectivity index (χ0n) is 11.6. The molecule has 1 N–H and O–H groups in total. The Morgan fingerprint density at radius 2 is 1.95 bits per heavy atom. The third-order valence-corrected chi connectivity index (χ3v) is 3.75. The van der Waals surface area contributed by atoms with E-state index < -0.39 is 0 Å². The molecule has 2 rings (SSSR count). The van der Waals surface area contributed by atoms with Gasteiger partial charge in [-0.3, -0.25) is 4.79 Å². The number of benzene rings is 1. The van der Waals surface area contributed by atoms with Gasteiger partial charge in [0.1, 0.15) is 12.1 Å². The van der Waals surface area contributed by atoms with Gasteiger partial charge in [0.05, 0.1) is 0 Å². The van der Waals surface area contributed by atoms with Crippen molar-refractivity contribution in [2.45, 2.75) is 50.7 Å². The Hall–Kier alpha value is -1.35. The summed E-state index contributed by atoms with van der Waals surface area (Å²) in [6, 6.07) is 9.81. The van der Waals surface area contributed by atoms with Crippen LogP contribution in [0.4, 0.5) is 0 Å². The Bertz CT molecular complexity index is 385. The van der Waals surface area contributed by atoms with Crippen molar-refractivity contribution < 1.29 is 9.53 Å². The summed E-state index contributed by atoms with van der Waals surface area (Å²) in [6.45, 7) is 0. The van der Waals surface area contributed by atoms with Crippen LogP contribution >= 0.6 is 0 Å². The van der Waals surface area contributed by atoms with Gasteiger partial charge in [-0.2, -0.15) is 0 Å². The minimum absolute atomic E-state index is 0.113. The molecule has 0 spiro atoms. The average Bonchev–Trinajstić information content (AvgIpc) is 2.47. The highest BCUT2D eigenvalue weighted by atomic mass is 16.5. The Labute approximate surface area is 115 Å². The minimum atomic E-state index is -0.246. The molecule has 1 aliphatic rings. The van der Waals surface area contributed by atoms with Crippen molar-refractivity contribution in [2.75, 3.05) is 7.05 Å². The van der Waals surface area contributed by atoms with Crippen LogP contribution in [0.2, 0.25) is 0 Å². The maximum Gasteiger partial charge on any atom is 0.323 e. The first kappa shape index (κ1) is 14.1. The first-order chi connectivity index (χ1) is 9.29. The van der Waals surface area contributed by atoms with E-state index in [0.29, 0.717) is 6.42 Å². The second-order valence-electron chi connectivity index (χ2n) is 5.23. The normalized spacial score (nSPS) is 17.9. The highest BCUT2D eigenvalue weighted by molar-refractivity contribution is 5.76. The Balaban J connectivity index is 1.87. The van der Waals surface area contributed by atoms with E-state index in [9.17, 15) is 4.79 Å². The lowest BCUT2D eigenvalue weighted by Gasteiger charge is -2.24. The van der Waals surface area contributed by atoms with Gasteiger partial charge < -0.3 is 10.1 Å². The zero-order valence-corrected chi connectivity index (χ0v) is 11.6. The van der Waals surface area contributed by atoms with Crippen LogP contribution in [0.25, 0.3) is 0 Å². The molecule has 0 unspecified atom stereocenters. The van der Waals surface area contributed by atoms with Gasteiger partial charge in [-0.15, -0.1) is 0 Å². The quantitative estimate of drug-likeness (QED) is 0.828. The summed E-state index contributed by atoms with van der Waals surface area (Å²) in [4.78, 5) is 12.2. The summed E-state index contributed by atoms with van der Waals surface area (Å²) >= 11 is 0. The van der Waals surface area contributed by atoms with Crippen molar-refractivity contribution in [2.24, 2.45) is 0 Å². The average molecular weight is 261 g/mol. The molecular weight excluding hydrogens is 238 g/mol. The minimum Gasteiger partial charge on any atom is -0.461 e. The number of carbonyl (C=O) groups excluding carboxylic acids is 1. The van der Waals surface area contributed by atoms with Crippen LogP contribution < -0.4 is 5.32 Å². The van der Waals surface area contributed by atoms with Gasteiger partial charge in [-0.1, -0.05) is 36.8 Å². The van der Waals surface area contributed by atoms with Gasteiger partial charge in [0.15, 0.2) is 0 Å². The fourth-order valence-corrected chi connectivity index (χ4v) is 2.58. The van der Waals surface area contributed by atoms with Crippen molar-refractivity contribution in [3.8, 4) is 0 Å². The lowest BCUT2D eigenvalue weighted by molar-refractivity contribution is -0.152. The number of carbonyl (C=O) groups is 1. The van der Waals surface area contributed by atoms with Crippen LogP contribution in [0.3, 0.4) is 0 Å². The van der Waals surface area contributed by atoms with Gasteiger partial charge in [0.2, 0.25) is 0 Å². The Kier molecular flexibility index (Phi) is 5.40. The second kappa shape index (κ2) is 7.29. The molecule has 0 saturated heterocycles. The summed E-state index contributed by atoms with van der Waals surface area (Å²) in [5.74, 6) is -0.113. The second-order valence-corrected chi connectivity index (χ2v) is 5.23. The van der Waals surface area contributed by atoms with Crippen LogP contribution in [0.5, 0.6) is 0 Å². The molecule has 19 heavy (non-hydrogen) atoms. The molecule has 1 aliphatic carbocycles. The lowest BCUT2D eigenvalue weighted by Crippen LogP contribution is -2.39. The highest BCUT2D eigenvalue weighted by Gasteiger charge is 2.23. The molecular formula is C16H23NO2. The van der Waals surface area contributed by atoms with Crippen LogP contribution in [0.1, 0.15) is 37.7 Å². The Morgan fingerprint density at radius 1 is 1.26 bits per heavy atom. The molecule has 3 nitrogen and oxygen atoms in total. The first-order valence-electron chi connectivity index (χ1n) is 7.21. The third-order valence-electron chi connectivity index (χ3n) is 3.75. The van der Waals surface area contributed by atoms with Gasteiger partial charge >= 0.3 is 5.97 Å². The number of likely N-dealkylation sites (N-methyl/N-ethyl adjacent to an activating group) is 1. The van der Waals surface area contributed by atoms with E-state index in [1.54, 1.807) is 0 Å². The Morgan fingerprint density at radius 3 is 2.58 bits per heavy atom. The van der Waals surface area contributed by atoms with Crippen LogP contribution in [0.15, 0.2) is 30.3 Å². The number of ether oxygens (including phenoxy) is 1. The molecule has 104 valence electrons. The monoisotopic (exact) mass is 261 g/mol. The number of hydrogen-bond acceptors (Lipinski definition) is 3. The topological polar surface area (TPSA) is 38.3 Å². The number of rotatable bonds is 5. The van der Waals surface area contributed by atoms with Crippen molar-refractivity contribution in [3.63, 3.8) is 0 Å². The number of esters is 1.